The highest BCUT2D eigenvalue weighted by molar-refractivity contribution is 5.49. The van der Waals surface area contributed by atoms with Crippen molar-refractivity contribution in [1.29, 1.82) is 0 Å². The summed E-state index contributed by atoms with van der Waals surface area (Å²) in [5, 5.41) is 3.60. The average molecular weight is 259 g/mol. The topological polar surface area (TPSA) is 12.0 Å². The van der Waals surface area contributed by atoms with Gasteiger partial charge in [-0.25, -0.2) is 0 Å². The number of rotatable bonds is 6. The lowest BCUT2D eigenvalue weighted by Crippen LogP contribution is -2.17. The van der Waals surface area contributed by atoms with E-state index in [1.54, 1.807) is 5.56 Å². The molecule has 0 aliphatic heterocycles. The largest absolute Gasteiger partial charge is 0.314 e. The summed E-state index contributed by atoms with van der Waals surface area (Å²) in [5.41, 5.74) is 9.12. The molecule has 1 aliphatic carbocycles. The second kappa shape index (κ2) is 6.09. The highest BCUT2D eigenvalue weighted by Crippen LogP contribution is 2.27. The van der Waals surface area contributed by atoms with Crippen LogP contribution in [0.5, 0.6) is 0 Å². The van der Waals surface area contributed by atoms with Gasteiger partial charge in [0.2, 0.25) is 0 Å². The smallest absolute Gasteiger partial charge is 0.00682 e. The Morgan fingerprint density at radius 3 is 1.84 bits per heavy atom. The molecule has 19 heavy (non-hydrogen) atoms. The first-order valence-corrected chi connectivity index (χ1v) is 7.81. The van der Waals surface area contributed by atoms with Gasteiger partial charge in [-0.05, 0) is 107 Å². The Bertz CT molecular complexity index is 426. The van der Waals surface area contributed by atoms with Crippen LogP contribution in [-0.4, -0.2) is 12.6 Å². The highest BCUT2D eigenvalue weighted by atomic mass is 14.9. The number of benzene rings is 1. The van der Waals surface area contributed by atoms with Gasteiger partial charge < -0.3 is 5.32 Å². The van der Waals surface area contributed by atoms with Crippen LogP contribution in [0.1, 0.15) is 59.1 Å². The van der Waals surface area contributed by atoms with Crippen LogP contribution < -0.4 is 5.32 Å². The standard InChI is InChI=1S/C18H29N/c1-12-13(2)15(4)18(16(5)14(12)3)8-6-7-11-19-17-9-10-17/h17,19H,6-11H2,1-5H3. The Hall–Kier alpha value is -0.820. The minimum atomic E-state index is 0.854. The quantitative estimate of drug-likeness (QED) is 0.751. The summed E-state index contributed by atoms with van der Waals surface area (Å²) in [6.07, 6.45) is 6.65. The fraction of sp³-hybridized carbons (Fsp3) is 0.667. The first-order chi connectivity index (χ1) is 9.02. The van der Waals surface area contributed by atoms with Crippen LogP contribution >= 0.6 is 0 Å². The van der Waals surface area contributed by atoms with E-state index in [4.69, 9.17) is 0 Å². The van der Waals surface area contributed by atoms with E-state index < -0.39 is 0 Å². The average Bonchev–Trinajstić information content (AvgIpc) is 3.21. The summed E-state index contributed by atoms with van der Waals surface area (Å²) in [7, 11) is 0. The molecule has 1 aromatic carbocycles. The maximum atomic E-state index is 3.60. The molecule has 2 rings (SSSR count). The third kappa shape index (κ3) is 3.39. The van der Waals surface area contributed by atoms with Crippen molar-refractivity contribution in [2.45, 2.75) is 72.8 Å². The van der Waals surface area contributed by atoms with Crippen LogP contribution in [0.2, 0.25) is 0 Å². The van der Waals surface area contributed by atoms with Crippen LogP contribution in [0.25, 0.3) is 0 Å². The van der Waals surface area contributed by atoms with Crippen molar-refractivity contribution in [3.8, 4) is 0 Å². The van der Waals surface area contributed by atoms with Crippen molar-refractivity contribution >= 4 is 0 Å². The molecular weight excluding hydrogens is 230 g/mol. The lowest BCUT2D eigenvalue weighted by molar-refractivity contribution is 0.618. The van der Waals surface area contributed by atoms with E-state index in [1.165, 1.54) is 66.5 Å². The lowest BCUT2D eigenvalue weighted by Gasteiger charge is -2.18. The fourth-order valence-corrected chi connectivity index (χ4v) is 2.97. The Balaban J connectivity index is 1.94. The van der Waals surface area contributed by atoms with Gasteiger partial charge in [-0.3, -0.25) is 0 Å². The van der Waals surface area contributed by atoms with Crippen LogP contribution in [0.4, 0.5) is 0 Å². The summed E-state index contributed by atoms with van der Waals surface area (Å²) < 4.78 is 0. The summed E-state index contributed by atoms with van der Waals surface area (Å²) in [4.78, 5) is 0. The fourth-order valence-electron chi connectivity index (χ4n) is 2.97. The Labute approximate surface area is 118 Å². The molecule has 1 nitrogen and oxygen atoms in total. The molecule has 0 unspecified atom stereocenters. The molecule has 0 bridgehead atoms. The molecule has 1 heteroatoms. The predicted octanol–water partition coefficient (Wildman–Crippen LogP) is 4.30. The number of hydrogen-bond acceptors (Lipinski definition) is 1. The van der Waals surface area contributed by atoms with Crippen LogP contribution in [-0.2, 0) is 6.42 Å². The lowest BCUT2D eigenvalue weighted by atomic mass is 9.87. The van der Waals surface area contributed by atoms with Gasteiger partial charge in [0.05, 0.1) is 0 Å². The van der Waals surface area contributed by atoms with Gasteiger partial charge in [0.1, 0.15) is 0 Å². The molecule has 0 spiro atoms. The number of nitrogens with one attached hydrogen (secondary N) is 1. The third-order valence-corrected chi connectivity index (χ3v) is 5.02. The zero-order valence-corrected chi connectivity index (χ0v) is 13.3. The molecule has 0 atom stereocenters. The van der Waals surface area contributed by atoms with Gasteiger partial charge in [-0.15, -0.1) is 0 Å². The molecular formula is C18H29N. The molecule has 1 saturated carbocycles. The summed E-state index contributed by atoms with van der Waals surface area (Å²) in [6, 6.07) is 0.854. The molecule has 1 N–H and O–H groups in total. The maximum absolute atomic E-state index is 3.60. The summed E-state index contributed by atoms with van der Waals surface area (Å²) in [6.45, 7) is 12.6. The van der Waals surface area contributed by atoms with E-state index in [2.05, 4.69) is 39.9 Å². The van der Waals surface area contributed by atoms with Gasteiger partial charge in [0, 0.05) is 6.04 Å². The maximum Gasteiger partial charge on any atom is 0.00682 e. The second-order valence-corrected chi connectivity index (χ2v) is 6.29. The molecule has 0 saturated heterocycles. The zero-order chi connectivity index (χ0) is 14.0. The molecule has 0 aromatic heterocycles. The highest BCUT2D eigenvalue weighted by Gasteiger charge is 2.19. The molecule has 0 heterocycles. The van der Waals surface area contributed by atoms with Crippen molar-refractivity contribution in [2.75, 3.05) is 6.54 Å². The number of unbranched alkanes of at least 4 members (excludes halogenated alkanes) is 1. The van der Waals surface area contributed by atoms with E-state index in [9.17, 15) is 0 Å². The molecule has 0 radical (unpaired) electrons. The zero-order valence-electron chi connectivity index (χ0n) is 13.3. The Morgan fingerprint density at radius 1 is 0.789 bits per heavy atom. The summed E-state index contributed by atoms with van der Waals surface area (Å²) in [5.74, 6) is 0. The van der Waals surface area contributed by atoms with E-state index in [-0.39, 0.29) is 0 Å². The number of hydrogen-bond donors (Lipinski definition) is 1. The second-order valence-electron chi connectivity index (χ2n) is 6.29. The molecule has 1 aromatic rings. The first-order valence-electron chi connectivity index (χ1n) is 7.81. The van der Waals surface area contributed by atoms with Crippen molar-refractivity contribution < 1.29 is 0 Å². The van der Waals surface area contributed by atoms with Crippen molar-refractivity contribution in [1.82, 2.24) is 5.32 Å². The van der Waals surface area contributed by atoms with Gasteiger partial charge in [-0.2, -0.15) is 0 Å². The van der Waals surface area contributed by atoms with Gasteiger partial charge in [-0.1, -0.05) is 0 Å². The minimum absolute atomic E-state index is 0.854. The van der Waals surface area contributed by atoms with Crippen molar-refractivity contribution in [3.05, 3.63) is 33.4 Å². The van der Waals surface area contributed by atoms with E-state index in [0.29, 0.717) is 0 Å². The van der Waals surface area contributed by atoms with Gasteiger partial charge in [0.25, 0.3) is 0 Å². The molecule has 0 amide bonds. The normalized spacial score (nSPS) is 15.0. The Morgan fingerprint density at radius 2 is 1.32 bits per heavy atom. The molecule has 106 valence electrons. The van der Waals surface area contributed by atoms with E-state index in [0.717, 1.165) is 6.04 Å². The van der Waals surface area contributed by atoms with Crippen LogP contribution in [0.15, 0.2) is 0 Å². The molecule has 1 aliphatic rings. The summed E-state index contributed by atoms with van der Waals surface area (Å²) >= 11 is 0. The monoisotopic (exact) mass is 259 g/mol. The Kier molecular flexibility index (Phi) is 4.67. The first kappa shape index (κ1) is 14.6. The van der Waals surface area contributed by atoms with Crippen LogP contribution in [0, 0.1) is 34.6 Å². The molecule has 1 fully saturated rings. The predicted molar refractivity (Wildman–Crippen MR) is 84.1 cm³/mol. The van der Waals surface area contributed by atoms with Gasteiger partial charge >= 0.3 is 0 Å². The van der Waals surface area contributed by atoms with E-state index >= 15 is 0 Å². The third-order valence-electron chi connectivity index (χ3n) is 5.02. The minimum Gasteiger partial charge on any atom is -0.314 e. The van der Waals surface area contributed by atoms with Crippen LogP contribution in [0.3, 0.4) is 0 Å². The van der Waals surface area contributed by atoms with E-state index in [1.807, 2.05) is 0 Å². The van der Waals surface area contributed by atoms with Crippen molar-refractivity contribution in [3.63, 3.8) is 0 Å². The SMILES string of the molecule is Cc1c(C)c(C)c(CCCCNC2CC2)c(C)c1C. The van der Waals surface area contributed by atoms with Crippen molar-refractivity contribution in [2.24, 2.45) is 0 Å². The van der Waals surface area contributed by atoms with Gasteiger partial charge in [0.15, 0.2) is 0 Å².